The molecule has 0 saturated carbocycles. The standard InChI is InChI=1S/C21H20F3N3O7S/c22-21(23,24)34-16-3-1-13(2-4-16)12-35(32,33)27-7-5-14(6-8-27)15-9-17(28)19(25-10-15)20(31)26-11-18(29)30/h1-5,9-10,28H,6-8,11-12H2,(H,26,31)(H,29,30). The molecular formula is C21H20F3N3O7S. The Balaban J connectivity index is 1.64. The van der Waals surface area contributed by atoms with Crippen LogP contribution in [-0.2, 0) is 20.6 Å². The molecule has 35 heavy (non-hydrogen) atoms. The highest BCUT2D eigenvalue weighted by Crippen LogP contribution is 2.28. The molecule has 2 heterocycles. The molecular weight excluding hydrogens is 495 g/mol. The van der Waals surface area contributed by atoms with Gasteiger partial charge in [-0.1, -0.05) is 18.2 Å². The van der Waals surface area contributed by atoms with Crippen molar-refractivity contribution in [3.63, 3.8) is 0 Å². The molecule has 3 N–H and O–H groups in total. The Morgan fingerprint density at radius 3 is 2.43 bits per heavy atom. The summed E-state index contributed by atoms with van der Waals surface area (Å²) in [5.74, 6) is -3.44. The van der Waals surface area contributed by atoms with E-state index in [1.54, 1.807) is 6.08 Å². The number of hydrogen-bond donors (Lipinski definition) is 3. The zero-order valence-corrected chi connectivity index (χ0v) is 18.8. The summed E-state index contributed by atoms with van der Waals surface area (Å²) in [5, 5.41) is 20.8. The molecule has 0 aliphatic carbocycles. The number of nitrogens with one attached hydrogen (secondary N) is 1. The maximum atomic E-state index is 12.7. The molecule has 14 heteroatoms. The Labute approximate surface area is 197 Å². The SMILES string of the molecule is O=C(O)CNC(=O)c1ncc(C2=CCN(S(=O)(=O)Cc3ccc(OC(F)(F)F)cc3)CC2)cc1O. The number of sulfonamides is 1. The van der Waals surface area contributed by atoms with E-state index in [0.29, 0.717) is 16.7 Å². The van der Waals surface area contributed by atoms with Crippen LogP contribution in [0.4, 0.5) is 13.2 Å². The highest BCUT2D eigenvalue weighted by Gasteiger charge is 2.31. The van der Waals surface area contributed by atoms with Crippen LogP contribution >= 0.6 is 0 Å². The molecule has 2 aromatic rings. The lowest BCUT2D eigenvalue weighted by Crippen LogP contribution is -2.35. The number of carbonyl (C=O) groups is 2. The van der Waals surface area contributed by atoms with E-state index in [1.165, 1.54) is 28.7 Å². The van der Waals surface area contributed by atoms with Gasteiger partial charge in [0.2, 0.25) is 10.0 Å². The highest BCUT2D eigenvalue weighted by atomic mass is 32.2. The van der Waals surface area contributed by atoms with Gasteiger partial charge in [-0.2, -0.15) is 4.31 Å². The number of rotatable bonds is 8. The lowest BCUT2D eigenvalue weighted by Gasteiger charge is -2.26. The Kier molecular flexibility index (Phi) is 7.65. The number of benzene rings is 1. The summed E-state index contributed by atoms with van der Waals surface area (Å²) in [6.45, 7) is -0.498. The van der Waals surface area contributed by atoms with Gasteiger partial charge < -0.3 is 20.3 Å². The second-order valence-electron chi connectivity index (χ2n) is 7.45. The molecule has 188 valence electrons. The minimum absolute atomic E-state index is 0.0224. The first-order valence-electron chi connectivity index (χ1n) is 10.0. The number of halogens is 3. The van der Waals surface area contributed by atoms with Gasteiger partial charge in [0.25, 0.3) is 5.91 Å². The average molecular weight is 515 g/mol. The molecule has 0 bridgehead atoms. The quantitative estimate of drug-likeness (QED) is 0.485. The fraction of sp³-hybridized carbons (Fsp3) is 0.286. The summed E-state index contributed by atoms with van der Waals surface area (Å²) in [7, 11) is -3.77. The second-order valence-corrected chi connectivity index (χ2v) is 9.42. The van der Waals surface area contributed by atoms with Gasteiger partial charge in [-0.05, 0) is 41.3 Å². The highest BCUT2D eigenvalue weighted by molar-refractivity contribution is 7.88. The lowest BCUT2D eigenvalue weighted by molar-refractivity contribution is -0.274. The van der Waals surface area contributed by atoms with E-state index in [2.05, 4.69) is 15.0 Å². The zero-order valence-electron chi connectivity index (χ0n) is 17.9. The van der Waals surface area contributed by atoms with Crippen molar-refractivity contribution in [1.29, 1.82) is 0 Å². The van der Waals surface area contributed by atoms with E-state index in [-0.39, 0.29) is 25.2 Å². The molecule has 0 atom stereocenters. The Hall–Kier alpha value is -3.65. The van der Waals surface area contributed by atoms with Crippen molar-refractivity contribution in [3.05, 3.63) is 59.4 Å². The molecule has 0 spiro atoms. The third-order valence-electron chi connectivity index (χ3n) is 4.92. The molecule has 1 aromatic carbocycles. The van der Waals surface area contributed by atoms with Crippen molar-refractivity contribution < 1.29 is 46.1 Å². The molecule has 10 nitrogen and oxygen atoms in total. The minimum Gasteiger partial charge on any atom is -0.505 e. The van der Waals surface area contributed by atoms with Crippen LogP contribution in [0.2, 0.25) is 0 Å². The van der Waals surface area contributed by atoms with Gasteiger partial charge in [0.15, 0.2) is 5.69 Å². The van der Waals surface area contributed by atoms with Crippen molar-refractivity contribution in [2.24, 2.45) is 0 Å². The molecule has 3 rings (SSSR count). The summed E-state index contributed by atoms with van der Waals surface area (Å²) in [4.78, 5) is 26.3. The summed E-state index contributed by atoms with van der Waals surface area (Å²) in [6, 6.07) is 5.84. The fourth-order valence-electron chi connectivity index (χ4n) is 3.30. The first kappa shape index (κ1) is 26.0. The number of ether oxygens (including phenoxy) is 1. The number of aliphatic carboxylic acids is 1. The number of hydrogen-bond acceptors (Lipinski definition) is 7. The number of carboxylic acid groups (broad SMARTS) is 1. The first-order chi connectivity index (χ1) is 16.3. The lowest BCUT2D eigenvalue weighted by atomic mass is 10.0. The maximum Gasteiger partial charge on any atom is 0.573 e. The van der Waals surface area contributed by atoms with E-state index in [1.807, 2.05) is 0 Å². The van der Waals surface area contributed by atoms with Crippen LogP contribution in [-0.4, -0.2) is 65.8 Å². The van der Waals surface area contributed by atoms with Crippen molar-refractivity contribution in [2.75, 3.05) is 19.6 Å². The van der Waals surface area contributed by atoms with E-state index < -0.39 is 52.1 Å². The van der Waals surface area contributed by atoms with Crippen LogP contribution in [0.15, 0.2) is 42.6 Å². The van der Waals surface area contributed by atoms with Crippen LogP contribution in [0.3, 0.4) is 0 Å². The number of carbonyl (C=O) groups excluding carboxylic acids is 1. The van der Waals surface area contributed by atoms with Crippen molar-refractivity contribution in [1.82, 2.24) is 14.6 Å². The normalized spacial score (nSPS) is 14.8. The van der Waals surface area contributed by atoms with Gasteiger partial charge in [0.1, 0.15) is 18.0 Å². The molecule has 0 unspecified atom stereocenters. The van der Waals surface area contributed by atoms with Crippen LogP contribution in [0, 0.1) is 0 Å². The maximum absolute atomic E-state index is 12.7. The minimum atomic E-state index is -4.84. The van der Waals surface area contributed by atoms with Crippen LogP contribution in [0.5, 0.6) is 11.5 Å². The van der Waals surface area contributed by atoms with Gasteiger partial charge in [-0.3, -0.25) is 9.59 Å². The van der Waals surface area contributed by atoms with Gasteiger partial charge in [0, 0.05) is 19.3 Å². The fourth-order valence-corrected chi connectivity index (χ4v) is 4.77. The molecule has 1 aromatic heterocycles. The number of nitrogens with zero attached hydrogens (tertiary/aromatic N) is 2. The molecule has 0 fully saturated rings. The monoisotopic (exact) mass is 515 g/mol. The summed E-state index contributed by atoms with van der Waals surface area (Å²) < 4.78 is 67.3. The smallest absolute Gasteiger partial charge is 0.505 e. The molecule has 0 saturated heterocycles. The molecule has 1 aliphatic rings. The summed E-state index contributed by atoms with van der Waals surface area (Å²) in [5.41, 5.74) is 1.10. The number of amides is 1. The van der Waals surface area contributed by atoms with Gasteiger partial charge in [-0.25, -0.2) is 13.4 Å². The number of alkyl halides is 3. The largest absolute Gasteiger partial charge is 0.573 e. The van der Waals surface area contributed by atoms with Crippen molar-refractivity contribution in [3.8, 4) is 11.5 Å². The van der Waals surface area contributed by atoms with Gasteiger partial charge in [0.05, 0.1) is 5.75 Å². The third kappa shape index (κ3) is 7.16. The first-order valence-corrected chi connectivity index (χ1v) is 11.7. The molecule has 0 radical (unpaired) electrons. The Morgan fingerprint density at radius 1 is 1.20 bits per heavy atom. The summed E-state index contributed by atoms with van der Waals surface area (Å²) >= 11 is 0. The van der Waals surface area contributed by atoms with E-state index >= 15 is 0 Å². The van der Waals surface area contributed by atoms with E-state index in [9.17, 15) is 36.3 Å². The van der Waals surface area contributed by atoms with Gasteiger partial charge in [-0.15, -0.1) is 13.2 Å². The van der Waals surface area contributed by atoms with E-state index in [0.717, 1.165) is 12.1 Å². The second kappa shape index (κ2) is 10.3. The average Bonchev–Trinajstić information content (AvgIpc) is 2.77. The summed E-state index contributed by atoms with van der Waals surface area (Å²) in [6.07, 6.45) is -1.62. The van der Waals surface area contributed by atoms with Crippen LogP contribution in [0.1, 0.15) is 28.0 Å². The molecule has 1 amide bonds. The van der Waals surface area contributed by atoms with Crippen LogP contribution < -0.4 is 10.1 Å². The van der Waals surface area contributed by atoms with Crippen molar-refractivity contribution >= 4 is 27.5 Å². The molecule has 1 aliphatic heterocycles. The third-order valence-corrected chi connectivity index (χ3v) is 6.74. The topological polar surface area (TPSA) is 146 Å². The number of pyridine rings is 1. The Bertz CT molecular complexity index is 1250. The van der Waals surface area contributed by atoms with Crippen molar-refractivity contribution in [2.45, 2.75) is 18.5 Å². The predicted octanol–water partition coefficient (Wildman–Crippen LogP) is 2.12. The van der Waals surface area contributed by atoms with E-state index in [4.69, 9.17) is 5.11 Å². The van der Waals surface area contributed by atoms with Gasteiger partial charge >= 0.3 is 12.3 Å². The number of aromatic hydroxyl groups is 1. The number of carboxylic acids is 1. The van der Waals surface area contributed by atoms with Crippen LogP contribution in [0.25, 0.3) is 5.57 Å². The predicted molar refractivity (Wildman–Crippen MR) is 116 cm³/mol. The number of aromatic nitrogens is 1. The Morgan fingerprint density at radius 2 is 1.89 bits per heavy atom. The zero-order chi connectivity index (χ0) is 25.8.